The average Bonchev–Trinajstić information content (AvgIpc) is 2.50. The quantitative estimate of drug-likeness (QED) is 0.669. The van der Waals surface area contributed by atoms with Crippen LogP contribution in [0.4, 0.5) is 4.39 Å². The van der Waals surface area contributed by atoms with Gasteiger partial charge in [0.25, 0.3) is 0 Å². The SMILES string of the molecule is Cc1cc(F)ccc1C(NN)C1CCc2ccccc2C1. The van der Waals surface area contributed by atoms with Crippen molar-refractivity contribution in [3.8, 4) is 0 Å². The zero-order valence-electron chi connectivity index (χ0n) is 12.3. The second kappa shape index (κ2) is 5.96. The molecular formula is C18H21FN2. The minimum atomic E-state index is -0.194. The van der Waals surface area contributed by atoms with E-state index in [-0.39, 0.29) is 11.9 Å². The Morgan fingerprint density at radius 2 is 1.95 bits per heavy atom. The molecule has 0 bridgehead atoms. The van der Waals surface area contributed by atoms with Crippen molar-refractivity contribution in [2.24, 2.45) is 11.8 Å². The van der Waals surface area contributed by atoms with E-state index < -0.39 is 0 Å². The Kier molecular flexibility index (Phi) is 4.04. The van der Waals surface area contributed by atoms with Crippen molar-refractivity contribution >= 4 is 0 Å². The first kappa shape index (κ1) is 14.2. The molecule has 2 atom stereocenters. The van der Waals surface area contributed by atoms with E-state index in [9.17, 15) is 4.39 Å². The number of nitrogens with two attached hydrogens (primary N) is 1. The lowest BCUT2D eigenvalue weighted by Gasteiger charge is -2.32. The Labute approximate surface area is 125 Å². The van der Waals surface area contributed by atoms with Gasteiger partial charge in [-0.05, 0) is 66.5 Å². The first-order valence-electron chi connectivity index (χ1n) is 7.48. The highest BCUT2D eigenvalue weighted by Gasteiger charge is 2.27. The lowest BCUT2D eigenvalue weighted by molar-refractivity contribution is 0.328. The van der Waals surface area contributed by atoms with Crippen LogP contribution in [0, 0.1) is 18.7 Å². The second-order valence-electron chi connectivity index (χ2n) is 5.92. The van der Waals surface area contributed by atoms with Crippen molar-refractivity contribution in [2.75, 3.05) is 0 Å². The number of aryl methyl sites for hydroxylation is 2. The predicted octanol–water partition coefficient (Wildman–Crippen LogP) is 3.44. The standard InChI is InChI=1S/C18H21FN2/c1-12-10-16(19)8-9-17(12)18(21-20)15-7-6-13-4-2-3-5-14(13)11-15/h2-5,8-10,15,18,21H,6-7,11,20H2,1H3. The lowest BCUT2D eigenvalue weighted by Crippen LogP contribution is -2.36. The zero-order valence-corrected chi connectivity index (χ0v) is 12.3. The van der Waals surface area contributed by atoms with Gasteiger partial charge < -0.3 is 0 Å². The molecule has 0 aliphatic heterocycles. The van der Waals surface area contributed by atoms with Crippen molar-refractivity contribution in [1.29, 1.82) is 0 Å². The topological polar surface area (TPSA) is 38.0 Å². The van der Waals surface area contributed by atoms with E-state index in [0.29, 0.717) is 5.92 Å². The van der Waals surface area contributed by atoms with Gasteiger partial charge in [-0.3, -0.25) is 11.3 Å². The molecule has 1 aliphatic rings. The molecule has 3 N–H and O–H groups in total. The van der Waals surface area contributed by atoms with Crippen LogP contribution in [0.15, 0.2) is 42.5 Å². The van der Waals surface area contributed by atoms with Gasteiger partial charge in [-0.15, -0.1) is 0 Å². The smallest absolute Gasteiger partial charge is 0.123 e. The van der Waals surface area contributed by atoms with Crippen LogP contribution in [0.5, 0.6) is 0 Å². The third kappa shape index (κ3) is 2.85. The van der Waals surface area contributed by atoms with E-state index in [2.05, 4.69) is 29.7 Å². The van der Waals surface area contributed by atoms with E-state index in [4.69, 9.17) is 5.84 Å². The van der Waals surface area contributed by atoms with Gasteiger partial charge in [0.15, 0.2) is 0 Å². The molecule has 0 saturated carbocycles. The summed E-state index contributed by atoms with van der Waals surface area (Å²) in [4.78, 5) is 0. The number of rotatable bonds is 3. The summed E-state index contributed by atoms with van der Waals surface area (Å²) in [6.07, 6.45) is 3.20. The Morgan fingerprint density at radius 3 is 2.67 bits per heavy atom. The van der Waals surface area contributed by atoms with Crippen LogP contribution in [0.3, 0.4) is 0 Å². The molecule has 2 nitrogen and oxygen atoms in total. The van der Waals surface area contributed by atoms with Crippen LogP contribution in [-0.4, -0.2) is 0 Å². The van der Waals surface area contributed by atoms with Crippen molar-refractivity contribution in [2.45, 2.75) is 32.2 Å². The second-order valence-corrected chi connectivity index (χ2v) is 5.92. The summed E-state index contributed by atoms with van der Waals surface area (Å²) in [5, 5.41) is 0. The van der Waals surface area contributed by atoms with Crippen molar-refractivity contribution in [3.05, 3.63) is 70.5 Å². The Bertz CT molecular complexity index is 639. The molecule has 110 valence electrons. The molecule has 3 heteroatoms. The summed E-state index contributed by atoms with van der Waals surface area (Å²) in [7, 11) is 0. The maximum Gasteiger partial charge on any atom is 0.123 e. The van der Waals surface area contributed by atoms with Crippen LogP contribution < -0.4 is 11.3 Å². The van der Waals surface area contributed by atoms with Crippen LogP contribution >= 0.6 is 0 Å². The summed E-state index contributed by atoms with van der Waals surface area (Å²) in [5.41, 5.74) is 7.87. The zero-order chi connectivity index (χ0) is 14.8. The largest absolute Gasteiger partial charge is 0.271 e. The van der Waals surface area contributed by atoms with Gasteiger partial charge in [-0.2, -0.15) is 0 Å². The fourth-order valence-corrected chi connectivity index (χ4v) is 3.48. The highest BCUT2D eigenvalue weighted by atomic mass is 19.1. The van der Waals surface area contributed by atoms with Crippen molar-refractivity contribution in [1.82, 2.24) is 5.43 Å². The van der Waals surface area contributed by atoms with Gasteiger partial charge in [-0.1, -0.05) is 30.3 Å². The third-order valence-electron chi connectivity index (χ3n) is 4.60. The van der Waals surface area contributed by atoms with Gasteiger partial charge in [-0.25, -0.2) is 4.39 Å². The van der Waals surface area contributed by atoms with Gasteiger partial charge in [0, 0.05) is 6.04 Å². The summed E-state index contributed by atoms with van der Waals surface area (Å²) in [6.45, 7) is 1.94. The molecule has 0 spiro atoms. The van der Waals surface area contributed by atoms with Crippen molar-refractivity contribution < 1.29 is 4.39 Å². The molecule has 0 radical (unpaired) electrons. The number of nitrogens with one attached hydrogen (secondary N) is 1. The first-order valence-corrected chi connectivity index (χ1v) is 7.48. The predicted molar refractivity (Wildman–Crippen MR) is 83.2 cm³/mol. The fourth-order valence-electron chi connectivity index (χ4n) is 3.48. The third-order valence-corrected chi connectivity index (χ3v) is 4.60. The molecule has 0 fully saturated rings. The molecule has 3 rings (SSSR count). The minimum absolute atomic E-state index is 0.0685. The highest BCUT2D eigenvalue weighted by molar-refractivity contribution is 5.33. The molecule has 1 aliphatic carbocycles. The van der Waals surface area contributed by atoms with Gasteiger partial charge in [0.1, 0.15) is 5.82 Å². The molecule has 2 unspecified atom stereocenters. The highest BCUT2D eigenvalue weighted by Crippen LogP contribution is 2.35. The molecule has 21 heavy (non-hydrogen) atoms. The number of fused-ring (bicyclic) bond motifs is 1. The molecule has 0 heterocycles. The minimum Gasteiger partial charge on any atom is -0.271 e. The fraction of sp³-hybridized carbons (Fsp3) is 0.333. The number of hydrazine groups is 1. The van der Waals surface area contributed by atoms with E-state index in [1.165, 1.54) is 17.2 Å². The number of hydrogen-bond acceptors (Lipinski definition) is 2. The van der Waals surface area contributed by atoms with Crippen LogP contribution in [0.2, 0.25) is 0 Å². The van der Waals surface area contributed by atoms with Gasteiger partial charge in [0.05, 0.1) is 0 Å². The van der Waals surface area contributed by atoms with Crippen LogP contribution in [0.1, 0.15) is 34.7 Å². The molecule has 0 saturated heterocycles. The first-order chi connectivity index (χ1) is 10.2. The average molecular weight is 284 g/mol. The normalized spacial score (nSPS) is 19.1. The van der Waals surface area contributed by atoms with E-state index in [1.54, 1.807) is 6.07 Å². The van der Waals surface area contributed by atoms with Gasteiger partial charge in [0.2, 0.25) is 0 Å². The maximum atomic E-state index is 13.3. The Hall–Kier alpha value is -1.71. The summed E-state index contributed by atoms with van der Waals surface area (Å²) in [5.74, 6) is 6.06. The Morgan fingerprint density at radius 1 is 1.19 bits per heavy atom. The summed E-state index contributed by atoms with van der Waals surface area (Å²) < 4.78 is 13.3. The summed E-state index contributed by atoms with van der Waals surface area (Å²) in [6, 6.07) is 13.6. The monoisotopic (exact) mass is 284 g/mol. The van der Waals surface area contributed by atoms with Crippen LogP contribution in [-0.2, 0) is 12.8 Å². The lowest BCUT2D eigenvalue weighted by atomic mass is 9.77. The summed E-state index contributed by atoms with van der Waals surface area (Å²) >= 11 is 0. The molecule has 0 amide bonds. The number of benzene rings is 2. The maximum absolute atomic E-state index is 13.3. The van der Waals surface area contributed by atoms with E-state index in [0.717, 1.165) is 30.4 Å². The molecular weight excluding hydrogens is 263 g/mol. The number of halogens is 1. The molecule has 2 aromatic rings. The number of hydrogen-bond donors (Lipinski definition) is 2. The molecule has 2 aromatic carbocycles. The van der Waals surface area contributed by atoms with E-state index in [1.807, 2.05) is 13.0 Å². The molecule has 0 aromatic heterocycles. The van der Waals surface area contributed by atoms with Crippen LogP contribution in [0.25, 0.3) is 0 Å². The Balaban J connectivity index is 1.88. The van der Waals surface area contributed by atoms with Gasteiger partial charge >= 0.3 is 0 Å². The van der Waals surface area contributed by atoms with E-state index >= 15 is 0 Å². The van der Waals surface area contributed by atoms with Crippen molar-refractivity contribution in [3.63, 3.8) is 0 Å².